The van der Waals surface area contributed by atoms with E-state index in [2.05, 4.69) is 0 Å². The number of ketones is 2. The van der Waals surface area contributed by atoms with E-state index in [1.54, 1.807) is 6.92 Å². The first-order valence-electron chi connectivity index (χ1n) is 3.65. The Morgan fingerprint density at radius 2 is 2.00 bits per heavy atom. The third kappa shape index (κ3) is 1.98. The number of aliphatic hydroxyl groups is 1. The van der Waals surface area contributed by atoms with Crippen LogP contribution in [0.2, 0.25) is 0 Å². The molecule has 0 spiro atoms. The van der Waals surface area contributed by atoms with Gasteiger partial charge in [-0.25, -0.2) is 0 Å². The van der Waals surface area contributed by atoms with Crippen LogP contribution in [-0.4, -0.2) is 28.6 Å². The van der Waals surface area contributed by atoms with Crippen LogP contribution in [0.4, 0.5) is 0 Å². The smallest absolute Gasteiger partial charge is 0.249 e. The molecule has 4 nitrogen and oxygen atoms in total. The van der Waals surface area contributed by atoms with Crippen LogP contribution in [0.5, 0.6) is 0 Å². The number of carbonyl (C=O) groups excluding carboxylic acids is 3. The molecule has 0 aromatic carbocycles. The van der Waals surface area contributed by atoms with E-state index in [1.165, 1.54) is 0 Å². The van der Waals surface area contributed by atoms with Gasteiger partial charge in [-0.1, -0.05) is 6.92 Å². The molecule has 1 radical (unpaired) electrons. The Balaban J connectivity index is 4.63. The monoisotopic (exact) mass is 171 g/mol. The topological polar surface area (TPSA) is 71.4 Å². The van der Waals surface area contributed by atoms with Gasteiger partial charge < -0.3 is 5.11 Å². The SMILES string of the molecule is CCCC(=O)C(O)([C]=O)C(C)=O. The van der Waals surface area contributed by atoms with Gasteiger partial charge in [-0.15, -0.1) is 0 Å². The fraction of sp³-hybridized carbons (Fsp3) is 0.625. The molecule has 67 valence electrons. The predicted molar refractivity (Wildman–Crippen MR) is 41.2 cm³/mol. The lowest BCUT2D eigenvalue weighted by Crippen LogP contribution is -2.46. The molecule has 4 heteroatoms. The predicted octanol–water partition coefficient (Wildman–Crippen LogP) is -0.215. The van der Waals surface area contributed by atoms with Gasteiger partial charge in [-0.2, -0.15) is 0 Å². The number of hydrogen-bond donors (Lipinski definition) is 1. The summed E-state index contributed by atoms with van der Waals surface area (Å²) in [6.07, 6.45) is 1.56. The van der Waals surface area contributed by atoms with Crippen molar-refractivity contribution in [2.24, 2.45) is 0 Å². The number of rotatable bonds is 5. The zero-order valence-corrected chi connectivity index (χ0v) is 7.09. The van der Waals surface area contributed by atoms with E-state index in [9.17, 15) is 19.5 Å². The molecule has 12 heavy (non-hydrogen) atoms. The fourth-order valence-electron chi connectivity index (χ4n) is 0.733. The highest BCUT2D eigenvalue weighted by Gasteiger charge is 2.40. The van der Waals surface area contributed by atoms with E-state index in [-0.39, 0.29) is 6.42 Å². The average Bonchev–Trinajstić information content (AvgIpc) is 2.03. The molecule has 0 amide bonds. The van der Waals surface area contributed by atoms with E-state index >= 15 is 0 Å². The Labute approximate surface area is 70.6 Å². The maximum absolute atomic E-state index is 11.0. The lowest BCUT2D eigenvalue weighted by Gasteiger charge is -2.14. The Kier molecular flexibility index (Phi) is 3.76. The summed E-state index contributed by atoms with van der Waals surface area (Å²) >= 11 is 0. The highest BCUT2D eigenvalue weighted by atomic mass is 16.3. The van der Waals surface area contributed by atoms with E-state index in [0.29, 0.717) is 6.42 Å². The zero-order valence-electron chi connectivity index (χ0n) is 7.09. The van der Waals surface area contributed by atoms with Crippen molar-refractivity contribution in [1.82, 2.24) is 0 Å². The Hall–Kier alpha value is -1.03. The molecule has 0 aliphatic rings. The minimum absolute atomic E-state index is 0.00528. The standard InChI is InChI=1S/C8H11O4/c1-3-4-7(11)8(12,5-9)6(2)10/h12H,3-4H2,1-2H3. The molecule has 0 bridgehead atoms. The maximum Gasteiger partial charge on any atom is 0.249 e. The van der Waals surface area contributed by atoms with Crippen LogP contribution >= 0.6 is 0 Å². The minimum Gasteiger partial charge on any atom is -0.368 e. The molecule has 0 aromatic heterocycles. The highest BCUT2D eigenvalue weighted by Crippen LogP contribution is 2.08. The summed E-state index contributed by atoms with van der Waals surface area (Å²) in [5.41, 5.74) is -2.53. The van der Waals surface area contributed by atoms with Gasteiger partial charge in [0.2, 0.25) is 11.9 Å². The summed E-state index contributed by atoms with van der Waals surface area (Å²) < 4.78 is 0. The molecule has 0 saturated heterocycles. The molecule has 0 rings (SSSR count). The van der Waals surface area contributed by atoms with Crippen LogP contribution in [0, 0.1) is 0 Å². The molecule has 0 saturated carbocycles. The fourth-order valence-corrected chi connectivity index (χ4v) is 0.733. The molecule has 0 heterocycles. The van der Waals surface area contributed by atoms with Crippen molar-refractivity contribution in [2.45, 2.75) is 32.3 Å². The van der Waals surface area contributed by atoms with Gasteiger partial charge in [-0.3, -0.25) is 14.4 Å². The number of carbonyl (C=O) groups is 2. The van der Waals surface area contributed by atoms with Crippen LogP contribution in [0.15, 0.2) is 0 Å². The second-order valence-corrected chi connectivity index (χ2v) is 2.54. The Morgan fingerprint density at radius 1 is 1.50 bits per heavy atom. The van der Waals surface area contributed by atoms with E-state index in [0.717, 1.165) is 13.2 Å². The molecule has 1 N–H and O–H groups in total. The largest absolute Gasteiger partial charge is 0.368 e. The van der Waals surface area contributed by atoms with Crippen molar-refractivity contribution in [1.29, 1.82) is 0 Å². The van der Waals surface area contributed by atoms with Crippen molar-refractivity contribution in [3.05, 3.63) is 0 Å². The summed E-state index contributed by atoms with van der Waals surface area (Å²) in [5.74, 6) is -1.66. The highest BCUT2D eigenvalue weighted by molar-refractivity contribution is 6.21. The van der Waals surface area contributed by atoms with Crippen molar-refractivity contribution >= 4 is 17.9 Å². The Morgan fingerprint density at radius 3 is 2.25 bits per heavy atom. The lowest BCUT2D eigenvalue weighted by atomic mass is 9.93. The molecule has 0 fully saturated rings. The van der Waals surface area contributed by atoms with Gasteiger partial charge in [0.15, 0.2) is 11.6 Å². The van der Waals surface area contributed by atoms with Gasteiger partial charge in [0.25, 0.3) is 0 Å². The summed E-state index contributed by atoms with van der Waals surface area (Å²) in [6, 6.07) is 0. The first kappa shape index (κ1) is 11.0. The van der Waals surface area contributed by atoms with Crippen LogP contribution in [0.25, 0.3) is 0 Å². The molecule has 0 aliphatic heterocycles. The van der Waals surface area contributed by atoms with Gasteiger partial charge in [0, 0.05) is 6.42 Å². The van der Waals surface area contributed by atoms with Gasteiger partial charge >= 0.3 is 0 Å². The van der Waals surface area contributed by atoms with Crippen molar-refractivity contribution in [3.8, 4) is 0 Å². The zero-order chi connectivity index (χ0) is 9.78. The third-order valence-electron chi connectivity index (χ3n) is 1.54. The normalized spacial score (nSPS) is 14.9. The van der Waals surface area contributed by atoms with Crippen LogP contribution < -0.4 is 0 Å². The molecule has 0 aromatic rings. The van der Waals surface area contributed by atoms with Gasteiger partial charge in [-0.05, 0) is 13.3 Å². The van der Waals surface area contributed by atoms with Crippen LogP contribution in [-0.2, 0) is 14.4 Å². The van der Waals surface area contributed by atoms with E-state index in [1.807, 2.05) is 0 Å². The van der Waals surface area contributed by atoms with E-state index < -0.39 is 17.2 Å². The summed E-state index contributed by atoms with van der Waals surface area (Å²) in [5, 5.41) is 9.17. The van der Waals surface area contributed by atoms with Gasteiger partial charge in [0.1, 0.15) is 0 Å². The van der Waals surface area contributed by atoms with E-state index in [4.69, 9.17) is 0 Å². The number of hydrogen-bond acceptors (Lipinski definition) is 4. The molecular formula is C8H11O4. The molecule has 0 aliphatic carbocycles. The summed E-state index contributed by atoms with van der Waals surface area (Å²) in [7, 11) is 0. The van der Waals surface area contributed by atoms with Crippen LogP contribution in [0.1, 0.15) is 26.7 Å². The summed E-state index contributed by atoms with van der Waals surface area (Å²) in [4.78, 5) is 31.9. The van der Waals surface area contributed by atoms with Crippen molar-refractivity contribution in [3.63, 3.8) is 0 Å². The first-order valence-corrected chi connectivity index (χ1v) is 3.65. The number of Topliss-reactive ketones (excluding diaryl/α,β-unsaturated/α-hetero) is 2. The van der Waals surface area contributed by atoms with Crippen molar-refractivity contribution in [2.75, 3.05) is 0 Å². The Bertz CT molecular complexity index is 209. The van der Waals surface area contributed by atoms with Crippen molar-refractivity contribution < 1.29 is 19.5 Å². The quantitative estimate of drug-likeness (QED) is 0.581. The second kappa shape index (κ2) is 4.11. The lowest BCUT2D eigenvalue weighted by molar-refractivity contribution is -0.142. The minimum atomic E-state index is -2.53. The maximum atomic E-state index is 11.0. The third-order valence-corrected chi connectivity index (χ3v) is 1.54. The average molecular weight is 171 g/mol. The molecule has 1 atom stereocenters. The first-order chi connectivity index (χ1) is 5.49. The second-order valence-electron chi connectivity index (χ2n) is 2.54. The molecule has 1 unspecified atom stereocenters. The van der Waals surface area contributed by atoms with Gasteiger partial charge in [0.05, 0.1) is 0 Å². The summed E-state index contributed by atoms with van der Waals surface area (Å²) in [6.45, 7) is 2.70. The molecular weight excluding hydrogens is 160 g/mol. The van der Waals surface area contributed by atoms with Crippen LogP contribution in [0.3, 0.4) is 0 Å².